The summed E-state index contributed by atoms with van der Waals surface area (Å²) in [6.07, 6.45) is 3.92. The second-order valence-corrected chi connectivity index (χ2v) is 4.54. The lowest BCUT2D eigenvalue weighted by molar-refractivity contribution is -0.114. The van der Waals surface area contributed by atoms with Gasteiger partial charge in [0.05, 0.1) is 5.57 Å². The summed E-state index contributed by atoms with van der Waals surface area (Å²) in [6.45, 7) is 12.5. The summed E-state index contributed by atoms with van der Waals surface area (Å²) < 4.78 is 32.5. The Morgan fingerprint density at radius 3 is 2.45 bits per heavy atom. The van der Waals surface area contributed by atoms with Gasteiger partial charge in [0, 0.05) is 12.0 Å². The van der Waals surface area contributed by atoms with Gasteiger partial charge in [-0.15, -0.1) is 0 Å². The summed E-state index contributed by atoms with van der Waals surface area (Å²) >= 11 is 0. The Morgan fingerprint density at radius 1 is 1.23 bits per heavy atom. The van der Waals surface area contributed by atoms with Gasteiger partial charge in [-0.2, -0.15) is 0 Å². The average Bonchev–Trinajstić information content (AvgIpc) is 2.51. The van der Waals surface area contributed by atoms with Gasteiger partial charge in [0.1, 0.15) is 12.4 Å². The molecule has 0 radical (unpaired) electrons. The minimum atomic E-state index is -1.01. The normalized spacial score (nSPS) is 11.4. The van der Waals surface area contributed by atoms with Crippen LogP contribution in [0.25, 0.3) is 0 Å². The molecule has 1 aromatic rings. The maximum absolute atomic E-state index is 13.8. The molecule has 0 N–H and O–H groups in total. The number of rotatable bonds is 8. The zero-order valence-electron chi connectivity index (χ0n) is 12.5. The van der Waals surface area contributed by atoms with Gasteiger partial charge < -0.3 is 4.74 Å². The Kier molecular flexibility index (Phi) is 6.45. The molecule has 0 fully saturated rings. The average molecular weight is 304 g/mol. The lowest BCUT2D eigenvalue weighted by Gasteiger charge is -2.11. The fraction of sp³-hybridized carbons (Fsp3) is 0.167. The van der Waals surface area contributed by atoms with E-state index < -0.39 is 17.4 Å². The number of hydrogen-bond donors (Lipinski definition) is 0. The van der Waals surface area contributed by atoms with Gasteiger partial charge in [-0.3, -0.25) is 4.79 Å². The van der Waals surface area contributed by atoms with Crippen molar-refractivity contribution in [1.82, 2.24) is 0 Å². The van der Waals surface area contributed by atoms with E-state index in [9.17, 15) is 13.6 Å². The first-order chi connectivity index (χ1) is 10.5. The number of ether oxygens (including phenoxy) is 1. The predicted molar refractivity (Wildman–Crippen MR) is 83.4 cm³/mol. The fourth-order valence-corrected chi connectivity index (χ4v) is 1.91. The van der Waals surface area contributed by atoms with Crippen LogP contribution in [0.4, 0.5) is 8.78 Å². The lowest BCUT2D eigenvalue weighted by Crippen LogP contribution is -2.11. The summed E-state index contributed by atoms with van der Waals surface area (Å²) in [7, 11) is 0. The predicted octanol–water partition coefficient (Wildman–Crippen LogP) is 4.21. The molecule has 0 amide bonds. The molecule has 0 atom stereocenters. The molecule has 0 saturated carbocycles. The van der Waals surface area contributed by atoms with Gasteiger partial charge in [0.25, 0.3) is 0 Å². The highest BCUT2D eigenvalue weighted by Crippen LogP contribution is 2.20. The highest BCUT2D eigenvalue weighted by atomic mass is 19.2. The number of halogens is 2. The van der Waals surface area contributed by atoms with Crippen LogP contribution in [0, 0.1) is 18.6 Å². The SMILES string of the molecule is C=CCO/C(C=C)=C(/C=C)C(=O)Cc1c(C)ccc(F)c1F. The fourth-order valence-electron chi connectivity index (χ4n) is 1.91. The quantitative estimate of drug-likeness (QED) is 0.311. The molecule has 0 unspecified atom stereocenters. The molecule has 22 heavy (non-hydrogen) atoms. The molecule has 1 rings (SSSR count). The van der Waals surface area contributed by atoms with Crippen molar-refractivity contribution in [3.8, 4) is 0 Å². The summed E-state index contributed by atoms with van der Waals surface area (Å²) in [5.74, 6) is -2.19. The van der Waals surface area contributed by atoms with E-state index in [4.69, 9.17) is 4.74 Å². The first-order valence-corrected chi connectivity index (χ1v) is 6.65. The summed E-state index contributed by atoms with van der Waals surface area (Å²) in [6, 6.07) is 2.46. The van der Waals surface area contributed by atoms with E-state index in [-0.39, 0.29) is 29.9 Å². The van der Waals surface area contributed by atoms with Gasteiger partial charge in [-0.25, -0.2) is 8.78 Å². The number of benzene rings is 1. The topological polar surface area (TPSA) is 26.3 Å². The molecule has 4 heteroatoms. The van der Waals surface area contributed by atoms with Gasteiger partial charge in [0.2, 0.25) is 0 Å². The molecule has 0 aliphatic heterocycles. The van der Waals surface area contributed by atoms with Crippen LogP contribution in [0.5, 0.6) is 0 Å². The zero-order valence-corrected chi connectivity index (χ0v) is 12.5. The van der Waals surface area contributed by atoms with Gasteiger partial charge in [-0.1, -0.05) is 38.0 Å². The maximum atomic E-state index is 13.8. The Balaban J connectivity index is 3.16. The first kappa shape index (κ1) is 17.6. The van der Waals surface area contributed by atoms with Crippen molar-refractivity contribution >= 4 is 5.78 Å². The third kappa shape index (κ3) is 4.01. The van der Waals surface area contributed by atoms with E-state index in [0.717, 1.165) is 6.07 Å². The third-order valence-electron chi connectivity index (χ3n) is 3.08. The van der Waals surface area contributed by atoms with Crippen LogP contribution in [0.15, 0.2) is 61.4 Å². The summed E-state index contributed by atoms with van der Waals surface area (Å²) in [4.78, 5) is 12.4. The van der Waals surface area contributed by atoms with Crippen molar-refractivity contribution in [1.29, 1.82) is 0 Å². The molecule has 0 spiro atoms. The van der Waals surface area contributed by atoms with Crippen LogP contribution >= 0.6 is 0 Å². The van der Waals surface area contributed by atoms with Crippen LogP contribution < -0.4 is 0 Å². The summed E-state index contributed by atoms with van der Waals surface area (Å²) in [5, 5.41) is 0. The van der Waals surface area contributed by atoms with Crippen LogP contribution in [-0.2, 0) is 16.0 Å². The highest BCUT2D eigenvalue weighted by Gasteiger charge is 2.18. The minimum absolute atomic E-state index is 0.0245. The molecule has 0 saturated heterocycles. The molecular formula is C18H18F2O2. The molecule has 0 aliphatic rings. The number of allylic oxidation sites excluding steroid dienone is 3. The maximum Gasteiger partial charge on any atom is 0.171 e. The number of ketones is 1. The molecule has 0 heterocycles. The monoisotopic (exact) mass is 304 g/mol. The first-order valence-electron chi connectivity index (χ1n) is 6.65. The molecular weight excluding hydrogens is 286 g/mol. The van der Waals surface area contributed by atoms with Crippen LogP contribution in [0.3, 0.4) is 0 Å². The smallest absolute Gasteiger partial charge is 0.171 e. The second kappa shape index (κ2) is 8.08. The van der Waals surface area contributed by atoms with Crippen LogP contribution in [0.1, 0.15) is 11.1 Å². The highest BCUT2D eigenvalue weighted by molar-refractivity contribution is 6.00. The molecule has 0 aromatic heterocycles. The number of carbonyl (C=O) groups is 1. The van der Waals surface area contributed by atoms with Crippen molar-refractivity contribution in [2.75, 3.05) is 6.61 Å². The van der Waals surface area contributed by atoms with Crippen molar-refractivity contribution in [2.45, 2.75) is 13.3 Å². The molecule has 0 aliphatic carbocycles. The minimum Gasteiger partial charge on any atom is -0.489 e. The van der Waals surface area contributed by atoms with Gasteiger partial charge >= 0.3 is 0 Å². The van der Waals surface area contributed by atoms with Gasteiger partial charge in [0.15, 0.2) is 17.4 Å². The van der Waals surface area contributed by atoms with Crippen LogP contribution in [-0.4, -0.2) is 12.4 Å². The Labute approximate surface area is 129 Å². The van der Waals surface area contributed by atoms with Gasteiger partial charge in [-0.05, 0) is 24.6 Å². The van der Waals surface area contributed by atoms with Crippen molar-refractivity contribution in [3.63, 3.8) is 0 Å². The van der Waals surface area contributed by atoms with E-state index >= 15 is 0 Å². The molecule has 0 bridgehead atoms. The largest absolute Gasteiger partial charge is 0.489 e. The van der Waals surface area contributed by atoms with Crippen molar-refractivity contribution in [3.05, 3.63) is 84.2 Å². The second-order valence-electron chi connectivity index (χ2n) is 4.54. The van der Waals surface area contributed by atoms with E-state index in [1.807, 2.05) is 0 Å². The molecule has 116 valence electrons. The lowest BCUT2D eigenvalue weighted by atomic mass is 9.98. The Morgan fingerprint density at radius 2 is 1.91 bits per heavy atom. The van der Waals surface area contributed by atoms with Crippen molar-refractivity contribution < 1.29 is 18.3 Å². The standard InChI is InChI=1S/C18H18F2O2/c1-5-10-22-17(7-3)13(6-2)16(21)11-14-12(4)8-9-15(19)18(14)20/h5-9H,1-3,10-11H2,4H3/b17-13-. The van der Waals surface area contributed by atoms with Crippen LogP contribution in [0.2, 0.25) is 0 Å². The van der Waals surface area contributed by atoms with E-state index in [0.29, 0.717) is 5.56 Å². The Hall–Kier alpha value is -2.49. The van der Waals surface area contributed by atoms with Crippen molar-refractivity contribution in [2.24, 2.45) is 0 Å². The molecule has 1 aromatic carbocycles. The molecule has 2 nitrogen and oxygen atoms in total. The number of hydrogen-bond acceptors (Lipinski definition) is 2. The zero-order chi connectivity index (χ0) is 16.7. The summed E-state index contributed by atoms with van der Waals surface area (Å²) in [5.41, 5.74) is 0.694. The number of carbonyl (C=O) groups excluding carboxylic acids is 1. The van der Waals surface area contributed by atoms with E-state index in [2.05, 4.69) is 19.7 Å². The number of aryl methyl sites for hydroxylation is 1. The third-order valence-corrected chi connectivity index (χ3v) is 3.08. The van der Waals surface area contributed by atoms with E-state index in [1.165, 1.54) is 24.3 Å². The van der Waals surface area contributed by atoms with E-state index in [1.54, 1.807) is 6.92 Å². The number of Topliss-reactive ketones (excluding diaryl/α,β-unsaturated/α-hetero) is 1. The Bertz CT molecular complexity index is 643.